The molecule has 0 saturated carbocycles. The first-order valence-corrected chi connectivity index (χ1v) is 7.24. The van der Waals surface area contributed by atoms with Crippen molar-refractivity contribution >= 4 is 51.5 Å². The van der Waals surface area contributed by atoms with E-state index >= 15 is 0 Å². The summed E-state index contributed by atoms with van der Waals surface area (Å²) < 4.78 is 11.2. The van der Waals surface area contributed by atoms with Gasteiger partial charge in [0.2, 0.25) is 11.3 Å². The molecule has 2 aromatic carbocycles. The number of hydrogen-bond acceptors (Lipinski definition) is 7. The van der Waals surface area contributed by atoms with Crippen LogP contribution in [0.15, 0.2) is 45.6 Å². The van der Waals surface area contributed by atoms with Crippen molar-refractivity contribution in [2.45, 2.75) is 0 Å². The average Bonchev–Trinajstić information content (AvgIpc) is 3.14. The summed E-state index contributed by atoms with van der Waals surface area (Å²) in [7, 11) is 0. The number of aliphatic hydroxyl groups is 1. The van der Waals surface area contributed by atoms with Gasteiger partial charge in [-0.25, -0.2) is 0 Å². The molecule has 0 aliphatic carbocycles. The Hall–Kier alpha value is -2.34. The van der Waals surface area contributed by atoms with Gasteiger partial charge in [0.1, 0.15) is 23.5 Å². The van der Waals surface area contributed by atoms with E-state index in [1.807, 2.05) is 0 Å². The third kappa shape index (κ3) is 4.33. The van der Waals surface area contributed by atoms with Crippen molar-refractivity contribution in [3.8, 4) is 17.1 Å². The number of aromatic amines is 1. The molecule has 1 radical (unpaired) electrons. The summed E-state index contributed by atoms with van der Waals surface area (Å²) in [5.74, 6) is 0.930. The molecule has 6 N–H and O–H groups in total. The number of hydrogen-bond donors (Lipinski definition) is 2. The van der Waals surface area contributed by atoms with Crippen LogP contribution in [0.3, 0.4) is 0 Å². The molecular formula is C16H16N4NaO6. The van der Waals surface area contributed by atoms with Crippen molar-refractivity contribution in [1.82, 2.24) is 20.6 Å². The van der Waals surface area contributed by atoms with Crippen LogP contribution in [-0.4, -0.2) is 79.5 Å². The Morgan fingerprint density at radius 1 is 1.07 bits per heavy atom. The molecule has 0 bridgehead atoms. The summed E-state index contributed by atoms with van der Waals surface area (Å²) in [5.41, 5.74) is 1.44. The fraction of sp³-hybridized carbons (Fsp3) is 0.125. The topological polar surface area (TPSA) is 177 Å². The number of tetrazole rings is 1. The Morgan fingerprint density at radius 3 is 2.59 bits per heavy atom. The van der Waals surface area contributed by atoms with Crippen molar-refractivity contribution in [3.05, 3.63) is 46.6 Å². The first-order chi connectivity index (χ1) is 11.8. The SMILES string of the molecule is O.O.O=c1c2ccc(-c3nn[nH]n3)cc2oc2ccc(OCCO)cc12.[Na]. The van der Waals surface area contributed by atoms with Gasteiger partial charge in [0.15, 0.2) is 0 Å². The van der Waals surface area contributed by atoms with Gasteiger partial charge in [-0.15, -0.1) is 10.2 Å². The van der Waals surface area contributed by atoms with Crippen LogP contribution in [0, 0.1) is 0 Å². The Morgan fingerprint density at radius 2 is 1.89 bits per heavy atom. The van der Waals surface area contributed by atoms with E-state index in [1.54, 1.807) is 36.4 Å². The Bertz CT molecular complexity index is 1080. The van der Waals surface area contributed by atoms with Gasteiger partial charge in [0.25, 0.3) is 0 Å². The molecule has 2 heterocycles. The number of aromatic nitrogens is 4. The number of H-pyrrole nitrogens is 1. The molecule has 0 fully saturated rings. The molecule has 27 heavy (non-hydrogen) atoms. The maximum Gasteiger partial charge on any atom is 0.204 e. The average molecular weight is 383 g/mol. The smallest absolute Gasteiger partial charge is 0.204 e. The maximum atomic E-state index is 12.7. The van der Waals surface area contributed by atoms with E-state index in [4.69, 9.17) is 14.3 Å². The fourth-order valence-corrected chi connectivity index (χ4v) is 2.51. The van der Waals surface area contributed by atoms with Gasteiger partial charge in [-0.3, -0.25) is 4.79 Å². The van der Waals surface area contributed by atoms with Crippen LogP contribution in [-0.2, 0) is 0 Å². The Labute approximate surface area is 174 Å². The van der Waals surface area contributed by atoms with E-state index in [-0.39, 0.29) is 59.2 Å². The van der Waals surface area contributed by atoms with Crippen LogP contribution in [0.25, 0.3) is 33.3 Å². The zero-order valence-corrected chi connectivity index (χ0v) is 16.4. The minimum Gasteiger partial charge on any atom is -0.491 e. The van der Waals surface area contributed by atoms with Crippen molar-refractivity contribution < 1.29 is 25.2 Å². The molecule has 0 atom stereocenters. The first kappa shape index (κ1) is 22.7. The van der Waals surface area contributed by atoms with Crippen LogP contribution in [0.4, 0.5) is 0 Å². The van der Waals surface area contributed by atoms with Gasteiger partial charge < -0.3 is 25.2 Å². The van der Waals surface area contributed by atoms with Crippen LogP contribution in [0.2, 0.25) is 0 Å². The van der Waals surface area contributed by atoms with Crippen molar-refractivity contribution in [2.24, 2.45) is 0 Å². The molecule has 11 heteroatoms. The molecule has 0 aliphatic rings. The summed E-state index contributed by atoms with van der Waals surface area (Å²) in [6, 6.07) is 10.1. The van der Waals surface area contributed by atoms with E-state index in [2.05, 4.69) is 20.6 Å². The zero-order valence-electron chi connectivity index (χ0n) is 14.4. The summed E-state index contributed by atoms with van der Waals surface area (Å²) in [6.07, 6.45) is 0. The second-order valence-corrected chi connectivity index (χ2v) is 5.11. The number of rotatable bonds is 4. The van der Waals surface area contributed by atoms with Crippen molar-refractivity contribution in [2.75, 3.05) is 13.2 Å². The third-order valence-corrected chi connectivity index (χ3v) is 3.61. The zero-order chi connectivity index (χ0) is 16.5. The van der Waals surface area contributed by atoms with E-state index in [9.17, 15) is 4.79 Å². The second kappa shape index (κ2) is 9.55. The number of nitrogens with one attached hydrogen (secondary N) is 1. The summed E-state index contributed by atoms with van der Waals surface area (Å²) in [6.45, 7) is 0.0711. The van der Waals surface area contributed by atoms with Gasteiger partial charge >= 0.3 is 0 Å². The molecule has 4 aromatic rings. The van der Waals surface area contributed by atoms with E-state index in [0.717, 1.165) is 0 Å². The molecular weight excluding hydrogens is 367 g/mol. The number of nitrogens with zero attached hydrogens (tertiary/aromatic N) is 3. The van der Waals surface area contributed by atoms with Crippen molar-refractivity contribution in [3.63, 3.8) is 0 Å². The molecule has 0 unspecified atom stereocenters. The molecule has 4 rings (SSSR count). The molecule has 10 nitrogen and oxygen atoms in total. The predicted molar refractivity (Wildman–Crippen MR) is 98.7 cm³/mol. The minimum atomic E-state index is -0.152. The van der Waals surface area contributed by atoms with E-state index in [0.29, 0.717) is 39.1 Å². The summed E-state index contributed by atoms with van der Waals surface area (Å²) in [5, 5.41) is 23.4. The van der Waals surface area contributed by atoms with Crippen LogP contribution in [0.5, 0.6) is 5.75 Å². The quantitative estimate of drug-likeness (QED) is 0.351. The molecule has 137 valence electrons. The second-order valence-electron chi connectivity index (χ2n) is 5.11. The number of aliphatic hydroxyl groups excluding tert-OH is 1. The van der Waals surface area contributed by atoms with Gasteiger partial charge in [-0.2, -0.15) is 5.21 Å². The molecule has 0 spiro atoms. The Kier molecular flexibility index (Phi) is 8.03. The third-order valence-electron chi connectivity index (χ3n) is 3.61. The number of fused-ring (bicyclic) bond motifs is 2. The summed E-state index contributed by atoms with van der Waals surface area (Å²) >= 11 is 0. The van der Waals surface area contributed by atoms with Crippen molar-refractivity contribution in [1.29, 1.82) is 0 Å². The van der Waals surface area contributed by atoms with Crippen LogP contribution < -0.4 is 10.2 Å². The maximum absolute atomic E-state index is 12.7. The van der Waals surface area contributed by atoms with Gasteiger partial charge in [-0.1, -0.05) is 6.07 Å². The minimum absolute atomic E-state index is 0. The molecule has 0 saturated heterocycles. The standard InChI is InChI=1S/C16H12N4O4.Na.2H2O/c21-5-6-23-10-2-4-13-12(8-10)15(22)11-3-1-9(7-14(11)24-13)16-17-19-20-18-16;;;/h1-4,7-8,21H,5-6H2,(H,17,18,19,20);;2*1H2. The van der Waals surface area contributed by atoms with Gasteiger partial charge in [-0.05, 0) is 35.5 Å². The monoisotopic (exact) mass is 383 g/mol. The predicted octanol–water partition coefficient (Wildman–Crippen LogP) is -0.533. The molecule has 2 aromatic heterocycles. The largest absolute Gasteiger partial charge is 0.491 e. The molecule has 0 amide bonds. The number of ether oxygens (including phenoxy) is 1. The number of benzene rings is 2. The van der Waals surface area contributed by atoms with E-state index in [1.165, 1.54) is 0 Å². The Balaban J connectivity index is 0.00000121. The fourth-order valence-electron chi connectivity index (χ4n) is 2.51. The van der Waals surface area contributed by atoms with E-state index < -0.39 is 0 Å². The first-order valence-electron chi connectivity index (χ1n) is 7.24. The normalized spacial score (nSPS) is 9.96. The van der Waals surface area contributed by atoms with Gasteiger partial charge in [0.05, 0.1) is 17.4 Å². The summed E-state index contributed by atoms with van der Waals surface area (Å²) in [4.78, 5) is 12.7. The van der Waals surface area contributed by atoms with Crippen LogP contribution in [0.1, 0.15) is 0 Å². The van der Waals surface area contributed by atoms with Gasteiger partial charge in [0, 0.05) is 35.1 Å². The van der Waals surface area contributed by atoms with Crippen LogP contribution >= 0.6 is 0 Å². The molecule has 0 aliphatic heterocycles.